The fourth-order valence-corrected chi connectivity index (χ4v) is 2.80. The highest BCUT2D eigenvalue weighted by Crippen LogP contribution is 2.25. The third-order valence-electron chi connectivity index (χ3n) is 4.12. The van der Waals surface area contributed by atoms with Crippen molar-refractivity contribution < 1.29 is 0 Å². The van der Waals surface area contributed by atoms with Gasteiger partial charge in [-0.15, -0.1) is 0 Å². The molecular weight excluding hydrogens is 242 g/mol. The first kappa shape index (κ1) is 14.8. The van der Waals surface area contributed by atoms with Gasteiger partial charge in [0.15, 0.2) is 0 Å². The zero-order chi connectivity index (χ0) is 14.4. The maximum absolute atomic E-state index is 3.45. The molecule has 2 unspecified atom stereocenters. The first-order valence-electron chi connectivity index (χ1n) is 7.59. The SMILES string of the molecule is CCCC(NC)C(C)c1ccc(-c2ccccc2)cc1. The van der Waals surface area contributed by atoms with E-state index in [2.05, 4.69) is 80.8 Å². The Morgan fingerprint density at radius 3 is 2.05 bits per heavy atom. The minimum absolute atomic E-state index is 0.546. The molecule has 0 spiro atoms. The van der Waals surface area contributed by atoms with Crippen molar-refractivity contribution >= 4 is 0 Å². The summed E-state index contributed by atoms with van der Waals surface area (Å²) in [5.74, 6) is 0.546. The largest absolute Gasteiger partial charge is 0.316 e. The molecule has 0 heterocycles. The predicted octanol–water partition coefficient (Wildman–Crippen LogP) is 4.85. The number of hydrogen-bond acceptors (Lipinski definition) is 1. The van der Waals surface area contributed by atoms with Gasteiger partial charge < -0.3 is 5.32 Å². The maximum Gasteiger partial charge on any atom is 0.0130 e. The molecule has 0 radical (unpaired) electrons. The molecule has 2 atom stereocenters. The summed E-state index contributed by atoms with van der Waals surface area (Å²) in [5, 5.41) is 3.45. The minimum atomic E-state index is 0.546. The van der Waals surface area contributed by atoms with E-state index in [1.807, 2.05) is 0 Å². The molecule has 0 saturated carbocycles. The smallest absolute Gasteiger partial charge is 0.0130 e. The van der Waals surface area contributed by atoms with E-state index in [-0.39, 0.29) is 0 Å². The summed E-state index contributed by atoms with van der Waals surface area (Å²) >= 11 is 0. The topological polar surface area (TPSA) is 12.0 Å². The van der Waals surface area contributed by atoms with Gasteiger partial charge in [0.2, 0.25) is 0 Å². The normalized spacial score (nSPS) is 13.9. The van der Waals surface area contributed by atoms with Crippen molar-refractivity contribution in [1.29, 1.82) is 0 Å². The summed E-state index contributed by atoms with van der Waals surface area (Å²) in [7, 11) is 2.06. The second-order valence-corrected chi connectivity index (χ2v) is 5.46. The molecule has 0 bridgehead atoms. The fourth-order valence-electron chi connectivity index (χ4n) is 2.80. The van der Waals surface area contributed by atoms with Crippen molar-refractivity contribution in [3.63, 3.8) is 0 Å². The van der Waals surface area contributed by atoms with Crippen LogP contribution in [0, 0.1) is 0 Å². The molecule has 106 valence electrons. The summed E-state index contributed by atoms with van der Waals surface area (Å²) in [5.41, 5.74) is 3.99. The van der Waals surface area contributed by atoms with Crippen LogP contribution in [0.25, 0.3) is 11.1 Å². The van der Waals surface area contributed by atoms with Gasteiger partial charge in [-0.2, -0.15) is 0 Å². The lowest BCUT2D eigenvalue weighted by Crippen LogP contribution is -2.30. The molecule has 20 heavy (non-hydrogen) atoms. The summed E-state index contributed by atoms with van der Waals surface area (Å²) in [6, 6.07) is 20.1. The molecule has 0 aliphatic heterocycles. The van der Waals surface area contributed by atoms with Gasteiger partial charge in [0, 0.05) is 6.04 Å². The van der Waals surface area contributed by atoms with Crippen LogP contribution >= 0.6 is 0 Å². The molecule has 0 fully saturated rings. The van der Waals surface area contributed by atoms with Crippen LogP contribution in [0.5, 0.6) is 0 Å². The lowest BCUT2D eigenvalue weighted by atomic mass is 9.89. The molecule has 2 aromatic rings. The molecule has 2 rings (SSSR count). The second kappa shape index (κ2) is 7.25. The van der Waals surface area contributed by atoms with Crippen LogP contribution in [0.4, 0.5) is 0 Å². The fraction of sp³-hybridized carbons (Fsp3) is 0.368. The Morgan fingerprint density at radius 1 is 0.900 bits per heavy atom. The Labute approximate surface area is 123 Å². The van der Waals surface area contributed by atoms with E-state index in [9.17, 15) is 0 Å². The number of benzene rings is 2. The van der Waals surface area contributed by atoms with Crippen molar-refractivity contribution in [2.24, 2.45) is 0 Å². The lowest BCUT2D eigenvalue weighted by Gasteiger charge is -2.23. The highest BCUT2D eigenvalue weighted by Gasteiger charge is 2.16. The Hall–Kier alpha value is -1.60. The van der Waals surface area contributed by atoms with Crippen molar-refractivity contribution in [2.75, 3.05) is 7.05 Å². The number of rotatable bonds is 6. The summed E-state index contributed by atoms with van der Waals surface area (Å²) in [6.07, 6.45) is 2.44. The van der Waals surface area contributed by atoms with Gasteiger partial charge in [0.25, 0.3) is 0 Å². The highest BCUT2D eigenvalue weighted by atomic mass is 14.9. The van der Waals surface area contributed by atoms with E-state index in [1.54, 1.807) is 0 Å². The van der Waals surface area contributed by atoms with Crippen LogP contribution in [0.3, 0.4) is 0 Å². The molecule has 0 aliphatic rings. The van der Waals surface area contributed by atoms with Gasteiger partial charge in [-0.3, -0.25) is 0 Å². The van der Waals surface area contributed by atoms with E-state index >= 15 is 0 Å². The van der Waals surface area contributed by atoms with E-state index in [4.69, 9.17) is 0 Å². The standard InChI is InChI=1S/C19H25N/c1-4-8-19(20-3)15(2)16-11-13-18(14-12-16)17-9-6-5-7-10-17/h5-7,9-15,19-20H,4,8H2,1-3H3. The van der Waals surface area contributed by atoms with E-state index in [0.29, 0.717) is 12.0 Å². The Balaban J connectivity index is 2.15. The molecule has 2 aromatic carbocycles. The van der Waals surface area contributed by atoms with Crippen LogP contribution < -0.4 is 5.32 Å². The monoisotopic (exact) mass is 267 g/mol. The molecule has 1 nitrogen and oxygen atoms in total. The van der Waals surface area contributed by atoms with Crippen LogP contribution in [0.15, 0.2) is 54.6 Å². The maximum atomic E-state index is 3.45. The quantitative estimate of drug-likeness (QED) is 0.789. The molecule has 1 heteroatoms. The van der Waals surface area contributed by atoms with Gasteiger partial charge >= 0.3 is 0 Å². The van der Waals surface area contributed by atoms with Crippen LogP contribution in [0.2, 0.25) is 0 Å². The minimum Gasteiger partial charge on any atom is -0.316 e. The van der Waals surface area contributed by atoms with Gasteiger partial charge in [0.1, 0.15) is 0 Å². The van der Waals surface area contributed by atoms with Crippen LogP contribution in [-0.2, 0) is 0 Å². The second-order valence-electron chi connectivity index (χ2n) is 5.46. The average Bonchev–Trinajstić information content (AvgIpc) is 2.53. The first-order valence-corrected chi connectivity index (χ1v) is 7.59. The number of likely N-dealkylation sites (N-methyl/N-ethyl adjacent to an activating group) is 1. The molecule has 0 aliphatic carbocycles. The van der Waals surface area contributed by atoms with E-state index in [0.717, 1.165) is 0 Å². The summed E-state index contributed by atoms with van der Waals surface area (Å²) in [6.45, 7) is 4.56. The van der Waals surface area contributed by atoms with Crippen LogP contribution in [0.1, 0.15) is 38.2 Å². The average molecular weight is 267 g/mol. The molecule has 0 amide bonds. The van der Waals surface area contributed by atoms with Crippen LogP contribution in [-0.4, -0.2) is 13.1 Å². The van der Waals surface area contributed by atoms with Gasteiger partial charge in [-0.25, -0.2) is 0 Å². The Morgan fingerprint density at radius 2 is 1.50 bits per heavy atom. The lowest BCUT2D eigenvalue weighted by molar-refractivity contribution is 0.451. The van der Waals surface area contributed by atoms with E-state index < -0.39 is 0 Å². The van der Waals surface area contributed by atoms with Gasteiger partial charge in [-0.05, 0) is 36.1 Å². The number of nitrogens with one attached hydrogen (secondary N) is 1. The third-order valence-corrected chi connectivity index (χ3v) is 4.12. The van der Waals surface area contributed by atoms with Crippen molar-refractivity contribution in [3.8, 4) is 11.1 Å². The highest BCUT2D eigenvalue weighted by molar-refractivity contribution is 5.63. The summed E-state index contributed by atoms with van der Waals surface area (Å²) < 4.78 is 0. The van der Waals surface area contributed by atoms with Gasteiger partial charge in [-0.1, -0.05) is 74.9 Å². The molecule has 0 aromatic heterocycles. The Bertz CT molecular complexity index is 501. The van der Waals surface area contributed by atoms with Crippen molar-refractivity contribution in [1.82, 2.24) is 5.32 Å². The van der Waals surface area contributed by atoms with Crippen molar-refractivity contribution in [3.05, 3.63) is 60.2 Å². The number of hydrogen-bond donors (Lipinski definition) is 1. The molecule has 1 N–H and O–H groups in total. The molecule has 0 saturated heterocycles. The summed E-state index contributed by atoms with van der Waals surface area (Å²) in [4.78, 5) is 0. The van der Waals surface area contributed by atoms with E-state index in [1.165, 1.54) is 29.5 Å². The molecular formula is C19H25N. The zero-order valence-corrected chi connectivity index (χ0v) is 12.8. The Kier molecular flexibility index (Phi) is 5.37. The zero-order valence-electron chi connectivity index (χ0n) is 12.8. The van der Waals surface area contributed by atoms with Gasteiger partial charge in [0.05, 0.1) is 0 Å². The third kappa shape index (κ3) is 3.49. The van der Waals surface area contributed by atoms with Crippen molar-refractivity contribution in [2.45, 2.75) is 38.6 Å². The predicted molar refractivity (Wildman–Crippen MR) is 88.0 cm³/mol. The first-order chi connectivity index (χ1) is 9.76.